The first kappa shape index (κ1) is 31.1. The molecule has 3 aromatic carbocycles. The van der Waals surface area contributed by atoms with E-state index in [1.165, 1.54) is 24.3 Å². The quantitative estimate of drug-likeness (QED) is 0.295. The lowest BCUT2D eigenvalue weighted by atomic mass is 9.91. The number of halogens is 1. The summed E-state index contributed by atoms with van der Waals surface area (Å²) < 4.78 is 37.3. The lowest BCUT2D eigenvalue weighted by Gasteiger charge is -2.19. The normalized spacial score (nSPS) is 13.8. The van der Waals surface area contributed by atoms with E-state index >= 15 is 4.39 Å². The summed E-state index contributed by atoms with van der Waals surface area (Å²) in [5.41, 5.74) is 2.31. The smallest absolute Gasteiger partial charge is 0.251 e. The molecule has 1 unspecified atom stereocenters. The minimum absolute atomic E-state index is 0.0937. The fraction of sp³-hybridized carbons (Fsp3) is 0.344. The second kappa shape index (κ2) is 13.0. The predicted octanol–water partition coefficient (Wildman–Crippen LogP) is 4.68. The molecule has 8 nitrogen and oxygen atoms in total. The molecule has 10 heteroatoms. The van der Waals surface area contributed by atoms with Gasteiger partial charge in [0.05, 0.1) is 0 Å². The summed E-state index contributed by atoms with van der Waals surface area (Å²) >= 11 is -2.32. The maximum atomic E-state index is 15.1. The topological polar surface area (TPSA) is 127 Å². The molecule has 0 heterocycles. The maximum absolute atomic E-state index is 15.1. The third-order valence-electron chi connectivity index (χ3n) is 6.93. The van der Waals surface area contributed by atoms with Gasteiger partial charge < -0.3 is 20.5 Å². The summed E-state index contributed by atoms with van der Waals surface area (Å²) in [5.74, 6) is -1.77. The van der Waals surface area contributed by atoms with Crippen LogP contribution < -0.4 is 16.0 Å². The van der Waals surface area contributed by atoms with E-state index in [2.05, 4.69) is 16.0 Å². The van der Waals surface area contributed by atoms with Gasteiger partial charge in [-0.15, -0.1) is 0 Å². The molecule has 3 N–H and O–H groups in total. The van der Waals surface area contributed by atoms with Crippen molar-refractivity contribution < 1.29 is 27.5 Å². The van der Waals surface area contributed by atoms with Crippen molar-refractivity contribution in [3.8, 4) is 11.1 Å². The molecule has 1 saturated carbocycles. The summed E-state index contributed by atoms with van der Waals surface area (Å²) in [6.07, 6.45) is 2.21. The number of hydrogen-bond donors (Lipinski definition) is 3. The van der Waals surface area contributed by atoms with E-state index in [0.717, 1.165) is 18.4 Å². The minimum atomic E-state index is -2.32. The third kappa shape index (κ3) is 8.10. The molecule has 0 radical (unpaired) electrons. The van der Waals surface area contributed by atoms with Gasteiger partial charge in [-0.1, -0.05) is 39.0 Å². The Morgan fingerprint density at radius 2 is 1.60 bits per heavy atom. The van der Waals surface area contributed by atoms with Crippen LogP contribution >= 0.6 is 0 Å². The van der Waals surface area contributed by atoms with Crippen molar-refractivity contribution in [3.63, 3.8) is 0 Å². The molecule has 1 fully saturated rings. The number of benzene rings is 3. The van der Waals surface area contributed by atoms with E-state index in [-0.39, 0.29) is 57.0 Å². The zero-order valence-corrected chi connectivity index (χ0v) is 25.0. The molecule has 3 aromatic rings. The minimum Gasteiger partial charge on any atom is -0.768 e. The van der Waals surface area contributed by atoms with Crippen LogP contribution in [0, 0.1) is 18.2 Å². The van der Waals surface area contributed by atoms with Crippen molar-refractivity contribution in [2.75, 3.05) is 13.1 Å². The molecule has 4 rings (SSSR count). The van der Waals surface area contributed by atoms with E-state index in [0.29, 0.717) is 24.1 Å². The highest BCUT2D eigenvalue weighted by Gasteiger charge is 2.26. The van der Waals surface area contributed by atoms with Gasteiger partial charge in [0.15, 0.2) is 0 Å². The molecule has 0 aromatic heterocycles. The predicted molar refractivity (Wildman–Crippen MR) is 159 cm³/mol. The lowest BCUT2D eigenvalue weighted by Crippen LogP contribution is -2.32. The van der Waals surface area contributed by atoms with Gasteiger partial charge in [-0.05, 0) is 101 Å². The van der Waals surface area contributed by atoms with Crippen molar-refractivity contribution >= 4 is 28.8 Å². The zero-order chi connectivity index (χ0) is 30.6. The summed E-state index contributed by atoms with van der Waals surface area (Å²) in [5, 5.41) is 8.60. The first-order valence-electron chi connectivity index (χ1n) is 13.8. The fourth-order valence-electron chi connectivity index (χ4n) is 4.32. The molecule has 0 spiro atoms. The molecule has 0 aliphatic heterocycles. The molecule has 3 amide bonds. The van der Waals surface area contributed by atoms with E-state index in [4.69, 9.17) is 0 Å². The Morgan fingerprint density at radius 3 is 2.21 bits per heavy atom. The van der Waals surface area contributed by atoms with Crippen LogP contribution in [0.2, 0.25) is 0 Å². The summed E-state index contributed by atoms with van der Waals surface area (Å²) in [6.45, 7) is 8.22. The molecule has 222 valence electrons. The molecule has 0 bridgehead atoms. The highest BCUT2D eigenvalue weighted by Crippen LogP contribution is 2.31. The molecule has 1 aliphatic carbocycles. The highest BCUT2D eigenvalue weighted by atomic mass is 32.2. The Labute approximate surface area is 247 Å². The van der Waals surface area contributed by atoms with Crippen LogP contribution in [0.5, 0.6) is 0 Å². The van der Waals surface area contributed by atoms with E-state index < -0.39 is 22.8 Å². The van der Waals surface area contributed by atoms with Gasteiger partial charge in [-0.2, -0.15) is 0 Å². The highest BCUT2D eigenvalue weighted by molar-refractivity contribution is 7.79. The Hall–Kier alpha value is -3.89. The number of carbonyl (C=O) groups is 3. The SMILES string of the molecule is Cc1c(F)cc(C(=O)NC2CC2)cc1-c1ccc(C(=O)NCC(C)(C)C)cc1C(=O)NCCc1ccc(S(=O)[O-])cc1. The largest absolute Gasteiger partial charge is 0.768 e. The van der Waals surface area contributed by atoms with Gasteiger partial charge >= 0.3 is 0 Å². The molecule has 1 atom stereocenters. The molecular formula is C32H35FN3O5S-. The van der Waals surface area contributed by atoms with Gasteiger partial charge in [0.2, 0.25) is 0 Å². The fourth-order valence-corrected chi connectivity index (χ4v) is 4.68. The van der Waals surface area contributed by atoms with E-state index in [1.54, 1.807) is 37.3 Å². The van der Waals surface area contributed by atoms with Gasteiger partial charge in [0.1, 0.15) is 5.82 Å². The average molecular weight is 593 g/mol. The lowest BCUT2D eigenvalue weighted by molar-refractivity contribution is 0.0935. The Bertz CT molecular complexity index is 1530. The van der Waals surface area contributed by atoms with Gasteiger partial charge in [-0.3, -0.25) is 18.6 Å². The van der Waals surface area contributed by atoms with Crippen LogP contribution in [-0.4, -0.2) is 45.6 Å². The second-order valence-corrected chi connectivity index (χ2v) is 12.7. The number of rotatable bonds is 10. The zero-order valence-electron chi connectivity index (χ0n) is 24.1. The van der Waals surface area contributed by atoms with E-state index in [1.807, 2.05) is 20.8 Å². The average Bonchev–Trinajstić information content (AvgIpc) is 3.76. The van der Waals surface area contributed by atoms with Crippen LogP contribution in [0.25, 0.3) is 11.1 Å². The monoisotopic (exact) mass is 592 g/mol. The number of carbonyl (C=O) groups excluding carboxylic acids is 3. The van der Waals surface area contributed by atoms with Crippen LogP contribution in [-0.2, 0) is 17.5 Å². The van der Waals surface area contributed by atoms with Gasteiger partial charge in [0, 0.05) is 40.7 Å². The summed E-state index contributed by atoms with van der Waals surface area (Å²) in [7, 11) is 0. The summed E-state index contributed by atoms with van der Waals surface area (Å²) in [6, 6.07) is 13.9. The molecule has 42 heavy (non-hydrogen) atoms. The Balaban J connectivity index is 1.64. The number of amides is 3. The first-order valence-corrected chi connectivity index (χ1v) is 14.9. The molecule has 0 saturated heterocycles. The Morgan fingerprint density at radius 1 is 0.905 bits per heavy atom. The van der Waals surface area contributed by atoms with E-state index in [9.17, 15) is 23.1 Å². The van der Waals surface area contributed by atoms with Crippen molar-refractivity contribution in [3.05, 3.63) is 88.2 Å². The summed E-state index contributed by atoms with van der Waals surface area (Å²) in [4.78, 5) is 39.4. The Kier molecular flexibility index (Phi) is 9.58. The maximum Gasteiger partial charge on any atom is 0.251 e. The van der Waals surface area contributed by atoms with Crippen LogP contribution in [0.4, 0.5) is 4.39 Å². The van der Waals surface area contributed by atoms with Crippen molar-refractivity contribution in [1.29, 1.82) is 0 Å². The van der Waals surface area contributed by atoms with Crippen LogP contribution in [0.3, 0.4) is 0 Å². The second-order valence-electron chi connectivity index (χ2n) is 11.8. The van der Waals surface area contributed by atoms with Gasteiger partial charge in [0.25, 0.3) is 17.7 Å². The van der Waals surface area contributed by atoms with Crippen molar-refractivity contribution in [2.24, 2.45) is 5.41 Å². The molecule has 1 aliphatic rings. The number of hydrogen-bond acceptors (Lipinski definition) is 5. The van der Waals surface area contributed by atoms with Crippen molar-refractivity contribution in [2.45, 2.75) is 57.9 Å². The standard InChI is InChI=1S/C32H36FN3O5S/c1-19-26(16-22(17-28(19)33)30(38)36-23-8-9-23)25-12-7-21(29(37)35-18-32(2,3)4)15-27(25)31(39)34-14-13-20-5-10-24(11-6-20)42(40)41/h5-7,10-12,15-17,23H,8-9,13-14,18H2,1-4H3,(H,34,39)(H,35,37)(H,36,38)(H,40,41)/p-1. The van der Waals surface area contributed by atoms with Crippen molar-refractivity contribution in [1.82, 2.24) is 16.0 Å². The van der Waals surface area contributed by atoms with Crippen LogP contribution in [0.1, 0.15) is 75.8 Å². The number of nitrogens with one attached hydrogen (secondary N) is 3. The first-order chi connectivity index (χ1) is 19.8. The van der Waals surface area contributed by atoms with Crippen LogP contribution in [0.15, 0.2) is 59.5 Å². The molecular weight excluding hydrogens is 557 g/mol. The van der Waals surface area contributed by atoms with Gasteiger partial charge in [-0.25, -0.2) is 4.39 Å². The third-order valence-corrected chi connectivity index (χ3v) is 7.59.